The fraction of sp³-hybridized carbons (Fsp3) is 0.556. The first-order chi connectivity index (χ1) is 7.30. The Hall–Kier alpha value is -1.55. The fourth-order valence-corrected chi connectivity index (χ4v) is 1.09. The average molecular weight is 232 g/mol. The van der Waals surface area contributed by atoms with E-state index in [1.165, 1.54) is 0 Å². The first kappa shape index (κ1) is 12.5. The number of rotatable bonds is 3. The predicted molar refractivity (Wildman–Crippen MR) is 50.3 cm³/mol. The minimum absolute atomic E-state index is 0.0517. The number of nitrogens with zero attached hydrogens (tertiary/aromatic N) is 3. The largest absolute Gasteiger partial charge is 0.419 e. The molecule has 0 aromatic carbocycles. The van der Waals surface area contributed by atoms with E-state index in [4.69, 9.17) is 5.26 Å². The van der Waals surface area contributed by atoms with Gasteiger partial charge in [0.1, 0.15) is 5.54 Å². The smallest absolute Gasteiger partial charge is 0.301 e. The van der Waals surface area contributed by atoms with E-state index in [1.54, 1.807) is 14.0 Å². The molecule has 1 heterocycles. The molecule has 0 fully saturated rings. The second-order valence-corrected chi connectivity index (χ2v) is 3.62. The highest BCUT2D eigenvalue weighted by Gasteiger charge is 2.33. The van der Waals surface area contributed by atoms with E-state index in [-0.39, 0.29) is 6.54 Å². The minimum Gasteiger partial charge on any atom is -0.301 e. The summed E-state index contributed by atoms with van der Waals surface area (Å²) >= 11 is 0. The summed E-state index contributed by atoms with van der Waals surface area (Å²) in [6, 6.07) is 1.97. The molecule has 0 spiro atoms. The molecule has 0 bridgehead atoms. The highest BCUT2D eigenvalue weighted by molar-refractivity contribution is 5.10. The summed E-state index contributed by atoms with van der Waals surface area (Å²) in [4.78, 5) is 0. The standard InChI is InChI=1S/C9H11F3N4/c1-8(5-13,14-2)6-16-4-7(3-15-16)9(10,11)12/h3-4,14H,6H2,1-2H3. The number of nitriles is 1. The van der Waals surface area contributed by atoms with Gasteiger partial charge in [-0.05, 0) is 14.0 Å². The zero-order valence-corrected chi connectivity index (χ0v) is 8.84. The van der Waals surface area contributed by atoms with E-state index in [2.05, 4.69) is 10.4 Å². The highest BCUT2D eigenvalue weighted by Crippen LogP contribution is 2.28. The van der Waals surface area contributed by atoms with Gasteiger partial charge in [0, 0.05) is 6.20 Å². The second kappa shape index (κ2) is 4.14. The molecule has 0 radical (unpaired) electrons. The van der Waals surface area contributed by atoms with Gasteiger partial charge in [-0.15, -0.1) is 0 Å². The topological polar surface area (TPSA) is 53.6 Å². The summed E-state index contributed by atoms with van der Waals surface area (Å²) in [6.07, 6.45) is -2.78. The molecule has 88 valence electrons. The van der Waals surface area contributed by atoms with E-state index in [9.17, 15) is 13.2 Å². The average Bonchev–Trinajstić information content (AvgIpc) is 2.65. The number of halogens is 3. The Morgan fingerprint density at radius 1 is 1.56 bits per heavy atom. The molecule has 1 aromatic heterocycles. The van der Waals surface area contributed by atoms with Crippen molar-refractivity contribution >= 4 is 0 Å². The van der Waals surface area contributed by atoms with Crippen LogP contribution in [0.25, 0.3) is 0 Å². The molecule has 1 rings (SSSR count). The molecular weight excluding hydrogens is 221 g/mol. The molecule has 0 saturated carbocycles. The van der Waals surface area contributed by atoms with Gasteiger partial charge in [0.05, 0.1) is 24.4 Å². The van der Waals surface area contributed by atoms with Crippen LogP contribution in [0.15, 0.2) is 12.4 Å². The van der Waals surface area contributed by atoms with Gasteiger partial charge in [0.2, 0.25) is 0 Å². The summed E-state index contributed by atoms with van der Waals surface area (Å²) in [6.45, 7) is 1.64. The van der Waals surface area contributed by atoms with Crippen LogP contribution in [0.5, 0.6) is 0 Å². The van der Waals surface area contributed by atoms with Crippen molar-refractivity contribution in [2.24, 2.45) is 0 Å². The van der Waals surface area contributed by atoms with Crippen LogP contribution in [0.3, 0.4) is 0 Å². The predicted octanol–water partition coefficient (Wildman–Crippen LogP) is 1.40. The number of nitrogens with one attached hydrogen (secondary N) is 1. The van der Waals surface area contributed by atoms with Gasteiger partial charge in [-0.1, -0.05) is 0 Å². The Labute approximate surface area is 90.7 Å². The quantitative estimate of drug-likeness (QED) is 0.857. The fourth-order valence-electron chi connectivity index (χ4n) is 1.09. The van der Waals surface area contributed by atoms with Gasteiger partial charge in [-0.2, -0.15) is 23.5 Å². The van der Waals surface area contributed by atoms with Crippen LogP contribution in [-0.4, -0.2) is 22.4 Å². The van der Waals surface area contributed by atoms with Crippen molar-refractivity contribution in [3.8, 4) is 6.07 Å². The Kier molecular flexibility index (Phi) is 3.24. The van der Waals surface area contributed by atoms with Crippen LogP contribution in [0, 0.1) is 11.3 Å². The van der Waals surface area contributed by atoms with Crippen molar-refractivity contribution < 1.29 is 13.2 Å². The third-order valence-corrected chi connectivity index (χ3v) is 2.24. The normalized spacial score (nSPS) is 15.5. The molecule has 1 unspecified atom stereocenters. The van der Waals surface area contributed by atoms with Crippen LogP contribution in [0.4, 0.5) is 13.2 Å². The van der Waals surface area contributed by atoms with Gasteiger partial charge in [-0.3, -0.25) is 4.68 Å². The lowest BCUT2D eigenvalue weighted by Gasteiger charge is -2.20. The van der Waals surface area contributed by atoms with Crippen LogP contribution < -0.4 is 5.32 Å². The number of hydrogen-bond donors (Lipinski definition) is 1. The third-order valence-electron chi connectivity index (χ3n) is 2.24. The number of hydrogen-bond acceptors (Lipinski definition) is 3. The molecular formula is C9H11F3N4. The lowest BCUT2D eigenvalue weighted by Crippen LogP contribution is -2.42. The monoisotopic (exact) mass is 232 g/mol. The molecule has 1 aromatic rings. The van der Waals surface area contributed by atoms with Gasteiger partial charge in [0.15, 0.2) is 0 Å². The number of likely N-dealkylation sites (N-methyl/N-ethyl adjacent to an activating group) is 1. The van der Waals surface area contributed by atoms with E-state index in [0.717, 1.165) is 17.1 Å². The summed E-state index contributed by atoms with van der Waals surface area (Å²) < 4.78 is 37.9. The lowest BCUT2D eigenvalue weighted by molar-refractivity contribution is -0.137. The maximum Gasteiger partial charge on any atom is 0.419 e. The van der Waals surface area contributed by atoms with E-state index >= 15 is 0 Å². The van der Waals surface area contributed by atoms with Crippen LogP contribution in [-0.2, 0) is 12.7 Å². The minimum atomic E-state index is -4.40. The molecule has 4 nitrogen and oxygen atoms in total. The highest BCUT2D eigenvalue weighted by atomic mass is 19.4. The van der Waals surface area contributed by atoms with E-state index in [1.807, 2.05) is 6.07 Å². The van der Waals surface area contributed by atoms with Gasteiger partial charge in [-0.25, -0.2) is 0 Å². The summed E-state index contributed by atoms with van der Waals surface area (Å²) in [7, 11) is 1.57. The zero-order valence-electron chi connectivity index (χ0n) is 8.84. The molecule has 0 aliphatic carbocycles. The van der Waals surface area contributed by atoms with Crippen LogP contribution >= 0.6 is 0 Å². The van der Waals surface area contributed by atoms with Crippen molar-refractivity contribution in [1.82, 2.24) is 15.1 Å². The van der Waals surface area contributed by atoms with Crippen LogP contribution in [0.1, 0.15) is 12.5 Å². The third kappa shape index (κ3) is 2.73. The van der Waals surface area contributed by atoms with E-state index < -0.39 is 17.3 Å². The van der Waals surface area contributed by atoms with Crippen molar-refractivity contribution in [3.05, 3.63) is 18.0 Å². The molecule has 0 saturated heterocycles. The Balaban J connectivity index is 2.85. The Morgan fingerprint density at radius 3 is 2.56 bits per heavy atom. The van der Waals surface area contributed by atoms with Gasteiger partial charge >= 0.3 is 6.18 Å². The first-order valence-corrected chi connectivity index (χ1v) is 4.50. The second-order valence-electron chi connectivity index (χ2n) is 3.62. The zero-order chi connectivity index (χ0) is 12.4. The number of alkyl halides is 3. The Bertz CT molecular complexity index is 404. The van der Waals surface area contributed by atoms with Gasteiger partial charge in [0.25, 0.3) is 0 Å². The number of aromatic nitrogens is 2. The van der Waals surface area contributed by atoms with Crippen molar-refractivity contribution in [2.45, 2.75) is 25.2 Å². The lowest BCUT2D eigenvalue weighted by atomic mass is 10.1. The summed E-state index contributed by atoms with van der Waals surface area (Å²) in [5.74, 6) is 0. The molecule has 0 aliphatic heterocycles. The van der Waals surface area contributed by atoms with Crippen LogP contribution in [0.2, 0.25) is 0 Å². The SMILES string of the molecule is CNC(C)(C#N)Cn1cc(C(F)(F)F)cn1. The van der Waals surface area contributed by atoms with Gasteiger partial charge < -0.3 is 5.32 Å². The Morgan fingerprint density at radius 2 is 2.19 bits per heavy atom. The maximum absolute atomic E-state index is 12.3. The summed E-state index contributed by atoms with van der Waals surface area (Å²) in [5, 5.41) is 15.1. The van der Waals surface area contributed by atoms with Crippen molar-refractivity contribution in [1.29, 1.82) is 5.26 Å². The summed E-state index contributed by atoms with van der Waals surface area (Å²) in [5.41, 5.74) is -1.75. The molecule has 0 amide bonds. The molecule has 16 heavy (non-hydrogen) atoms. The van der Waals surface area contributed by atoms with Crippen molar-refractivity contribution in [2.75, 3.05) is 7.05 Å². The molecule has 0 aliphatic rings. The first-order valence-electron chi connectivity index (χ1n) is 4.50. The molecule has 1 atom stereocenters. The van der Waals surface area contributed by atoms with Crippen molar-refractivity contribution in [3.63, 3.8) is 0 Å². The van der Waals surface area contributed by atoms with E-state index in [0.29, 0.717) is 0 Å². The maximum atomic E-state index is 12.3. The molecule has 7 heteroatoms. The molecule has 1 N–H and O–H groups in total.